The van der Waals surface area contributed by atoms with E-state index in [0.29, 0.717) is 10.7 Å². The molecule has 0 fully saturated rings. The molecule has 39 heavy (non-hydrogen) atoms. The Kier molecular flexibility index (Phi) is 9.85. The Morgan fingerprint density at radius 2 is 1.62 bits per heavy atom. The third-order valence-electron chi connectivity index (χ3n) is 5.91. The maximum absolute atomic E-state index is 13.9. The molecule has 7 nitrogen and oxygen atoms in total. The predicted octanol–water partition coefficient (Wildman–Crippen LogP) is 5.94. The summed E-state index contributed by atoms with van der Waals surface area (Å²) in [5.74, 6) is -0.863. The first kappa shape index (κ1) is 30.7. The van der Waals surface area contributed by atoms with Crippen molar-refractivity contribution < 1.29 is 18.0 Å². The van der Waals surface area contributed by atoms with Gasteiger partial charge in [0.05, 0.1) is 10.6 Å². The van der Waals surface area contributed by atoms with Crippen LogP contribution in [0.4, 0.5) is 5.69 Å². The Labute approximate surface area is 244 Å². The summed E-state index contributed by atoms with van der Waals surface area (Å²) in [5, 5.41) is 3.31. The lowest BCUT2D eigenvalue weighted by Gasteiger charge is -2.33. The van der Waals surface area contributed by atoms with Crippen LogP contribution < -0.4 is 9.62 Å². The zero-order chi connectivity index (χ0) is 29.0. The molecule has 0 aliphatic carbocycles. The van der Waals surface area contributed by atoms with Crippen molar-refractivity contribution in [2.24, 2.45) is 0 Å². The van der Waals surface area contributed by atoms with E-state index in [0.717, 1.165) is 19.9 Å². The molecule has 1 atom stereocenters. The highest BCUT2D eigenvalue weighted by atomic mass is 79.9. The molecular weight excluding hydrogens is 602 g/mol. The van der Waals surface area contributed by atoms with Crippen molar-refractivity contribution in [1.29, 1.82) is 0 Å². The van der Waals surface area contributed by atoms with E-state index in [1.54, 1.807) is 31.2 Å². The third-order valence-corrected chi connectivity index (χ3v) is 8.44. The van der Waals surface area contributed by atoms with Crippen LogP contribution in [0.25, 0.3) is 0 Å². The Morgan fingerprint density at radius 3 is 2.18 bits per heavy atom. The molecule has 10 heteroatoms. The number of sulfonamides is 1. The van der Waals surface area contributed by atoms with E-state index in [2.05, 4.69) is 21.2 Å². The van der Waals surface area contributed by atoms with E-state index in [-0.39, 0.29) is 17.3 Å². The summed E-state index contributed by atoms with van der Waals surface area (Å²) in [6.45, 7) is 8.71. The van der Waals surface area contributed by atoms with Crippen LogP contribution >= 0.6 is 27.5 Å². The molecule has 0 heterocycles. The number of benzene rings is 3. The fourth-order valence-electron chi connectivity index (χ4n) is 3.86. The zero-order valence-corrected chi connectivity index (χ0v) is 25.8. The number of carbonyl (C=O) groups is 2. The summed E-state index contributed by atoms with van der Waals surface area (Å²) in [7, 11) is -4.15. The molecule has 1 unspecified atom stereocenters. The second-order valence-corrected chi connectivity index (χ2v) is 13.6. The number of nitrogens with one attached hydrogen (secondary N) is 1. The lowest BCUT2D eigenvalue weighted by Crippen LogP contribution is -2.54. The summed E-state index contributed by atoms with van der Waals surface area (Å²) in [6, 6.07) is 19.2. The Morgan fingerprint density at radius 1 is 1.00 bits per heavy atom. The van der Waals surface area contributed by atoms with Crippen LogP contribution in [0.3, 0.4) is 0 Å². The minimum Gasteiger partial charge on any atom is -0.350 e. The van der Waals surface area contributed by atoms with Crippen LogP contribution in [-0.2, 0) is 26.2 Å². The Hall–Kier alpha value is -2.88. The maximum Gasteiger partial charge on any atom is 0.264 e. The molecule has 1 N–H and O–H groups in total. The number of halogens is 2. The van der Waals surface area contributed by atoms with Crippen LogP contribution in [0.5, 0.6) is 0 Å². The molecule has 0 saturated carbocycles. The summed E-state index contributed by atoms with van der Waals surface area (Å²) in [5.41, 5.74) is 1.55. The van der Waals surface area contributed by atoms with Crippen molar-refractivity contribution in [2.75, 3.05) is 10.8 Å². The molecule has 3 aromatic rings. The van der Waals surface area contributed by atoms with E-state index in [1.807, 2.05) is 52.0 Å². The normalized spacial score (nSPS) is 12.5. The smallest absolute Gasteiger partial charge is 0.264 e. The monoisotopic (exact) mass is 633 g/mol. The number of anilines is 1. The summed E-state index contributed by atoms with van der Waals surface area (Å²) in [4.78, 5) is 28.5. The van der Waals surface area contributed by atoms with Gasteiger partial charge in [-0.3, -0.25) is 13.9 Å². The van der Waals surface area contributed by atoms with Gasteiger partial charge in [0.1, 0.15) is 12.6 Å². The third kappa shape index (κ3) is 8.30. The molecule has 0 spiro atoms. The number of hydrogen-bond donors (Lipinski definition) is 1. The number of amides is 2. The quantitative estimate of drug-likeness (QED) is 0.316. The summed E-state index contributed by atoms with van der Waals surface area (Å²) < 4.78 is 29.5. The average Bonchev–Trinajstić information content (AvgIpc) is 2.85. The molecule has 208 valence electrons. The van der Waals surface area contributed by atoms with Gasteiger partial charge in [0.15, 0.2) is 0 Å². The van der Waals surface area contributed by atoms with Crippen molar-refractivity contribution in [1.82, 2.24) is 10.2 Å². The molecule has 0 bridgehead atoms. The molecule has 0 saturated heterocycles. The number of rotatable bonds is 9. The van der Waals surface area contributed by atoms with Crippen molar-refractivity contribution >= 4 is 55.1 Å². The van der Waals surface area contributed by atoms with Crippen LogP contribution in [0.1, 0.15) is 38.8 Å². The lowest BCUT2D eigenvalue weighted by molar-refractivity contribution is -0.140. The van der Waals surface area contributed by atoms with E-state index in [9.17, 15) is 18.0 Å². The van der Waals surface area contributed by atoms with Gasteiger partial charge in [0.25, 0.3) is 10.0 Å². The number of aryl methyl sites for hydroxylation is 1. The Balaban J connectivity index is 2.03. The summed E-state index contributed by atoms with van der Waals surface area (Å²) in [6.07, 6.45) is 0. The molecular formula is C29H33BrClN3O4S. The highest BCUT2D eigenvalue weighted by molar-refractivity contribution is 9.10. The SMILES string of the molecule is Cc1ccc(N(CC(=O)N(Cc2cccc(Br)c2)C(C)C(=O)NC(C)(C)C)S(=O)(=O)c2ccc(Cl)cc2)cc1. The molecule has 3 rings (SSSR count). The highest BCUT2D eigenvalue weighted by Crippen LogP contribution is 2.26. The van der Waals surface area contributed by atoms with Crippen LogP contribution in [-0.4, -0.2) is 43.3 Å². The van der Waals surface area contributed by atoms with Gasteiger partial charge in [0.2, 0.25) is 11.8 Å². The largest absolute Gasteiger partial charge is 0.350 e. The zero-order valence-electron chi connectivity index (χ0n) is 22.6. The van der Waals surface area contributed by atoms with E-state index >= 15 is 0 Å². The summed E-state index contributed by atoms with van der Waals surface area (Å²) >= 11 is 9.44. The minimum absolute atomic E-state index is 0.00246. The lowest BCUT2D eigenvalue weighted by atomic mass is 10.1. The van der Waals surface area contributed by atoms with Crippen molar-refractivity contribution in [3.05, 3.63) is 93.4 Å². The van der Waals surface area contributed by atoms with Gasteiger partial charge in [-0.05, 0) is 88.7 Å². The standard InChI is InChI=1S/C29H33BrClN3O4S/c1-20-9-13-25(14-10-20)34(39(37,38)26-15-11-24(31)12-16-26)19-27(35)33(18-22-7-6-8-23(30)17-22)21(2)28(36)32-29(3,4)5/h6-17,21H,18-19H2,1-5H3,(H,32,36). The minimum atomic E-state index is -4.15. The highest BCUT2D eigenvalue weighted by Gasteiger charge is 2.33. The van der Waals surface area contributed by atoms with Crippen LogP contribution in [0.2, 0.25) is 5.02 Å². The molecule has 0 aromatic heterocycles. The van der Waals surface area contributed by atoms with Crippen molar-refractivity contribution in [2.45, 2.75) is 57.6 Å². The van der Waals surface area contributed by atoms with Crippen molar-refractivity contribution in [3.63, 3.8) is 0 Å². The molecule has 0 aliphatic rings. The first-order chi connectivity index (χ1) is 18.2. The first-order valence-electron chi connectivity index (χ1n) is 12.4. The van der Waals surface area contributed by atoms with Crippen LogP contribution in [0, 0.1) is 6.92 Å². The van der Waals surface area contributed by atoms with Gasteiger partial charge in [0, 0.05) is 21.6 Å². The predicted molar refractivity (Wildman–Crippen MR) is 159 cm³/mol. The van der Waals surface area contributed by atoms with E-state index in [1.165, 1.54) is 29.2 Å². The number of nitrogens with zero attached hydrogens (tertiary/aromatic N) is 2. The first-order valence-corrected chi connectivity index (χ1v) is 15.0. The topological polar surface area (TPSA) is 86.8 Å². The van der Waals surface area contributed by atoms with Crippen LogP contribution in [0.15, 0.2) is 82.2 Å². The Bertz CT molecular complexity index is 1420. The number of hydrogen-bond acceptors (Lipinski definition) is 4. The molecule has 0 radical (unpaired) electrons. The second-order valence-electron chi connectivity index (χ2n) is 10.4. The molecule has 0 aliphatic heterocycles. The van der Waals surface area contributed by atoms with Gasteiger partial charge >= 0.3 is 0 Å². The fourth-order valence-corrected chi connectivity index (χ4v) is 5.85. The second kappa shape index (κ2) is 12.5. The van der Waals surface area contributed by atoms with Gasteiger partial charge < -0.3 is 10.2 Å². The van der Waals surface area contributed by atoms with Gasteiger partial charge in [-0.2, -0.15) is 0 Å². The maximum atomic E-state index is 13.9. The van der Waals surface area contributed by atoms with E-state index < -0.39 is 34.1 Å². The molecule has 2 amide bonds. The van der Waals surface area contributed by atoms with Gasteiger partial charge in [-0.25, -0.2) is 8.42 Å². The van der Waals surface area contributed by atoms with Gasteiger partial charge in [-0.1, -0.05) is 57.4 Å². The van der Waals surface area contributed by atoms with E-state index in [4.69, 9.17) is 11.6 Å². The average molecular weight is 635 g/mol. The fraction of sp³-hybridized carbons (Fsp3) is 0.310. The van der Waals surface area contributed by atoms with Crippen molar-refractivity contribution in [3.8, 4) is 0 Å². The number of carbonyl (C=O) groups excluding carboxylic acids is 2. The molecule has 3 aromatic carbocycles. The van der Waals surface area contributed by atoms with Gasteiger partial charge in [-0.15, -0.1) is 0 Å².